The molecular formula is C19H14BrN3O3S. The topological polar surface area (TPSA) is 65.7 Å². The highest BCUT2D eigenvalue weighted by Crippen LogP contribution is 2.31. The first-order chi connectivity index (χ1) is 13.1. The first kappa shape index (κ1) is 17.7. The van der Waals surface area contributed by atoms with Crippen LogP contribution in [0.25, 0.3) is 22.4 Å². The third-order valence-electron chi connectivity index (χ3n) is 4.06. The average molecular weight is 444 g/mol. The van der Waals surface area contributed by atoms with Gasteiger partial charge in [-0.25, -0.2) is 4.40 Å². The van der Waals surface area contributed by atoms with Gasteiger partial charge in [-0.2, -0.15) is 0 Å². The fourth-order valence-electron chi connectivity index (χ4n) is 2.74. The van der Waals surface area contributed by atoms with Gasteiger partial charge in [-0.1, -0.05) is 39.4 Å². The van der Waals surface area contributed by atoms with Crippen LogP contribution in [0.1, 0.15) is 5.56 Å². The molecule has 0 aliphatic carbocycles. The number of thiazole rings is 1. The summed E-state index contributed by atoms with van der Waals surface area (Å²) >= 11 is 4.72. The minimum atomic E-state index is -0.146. The lowest BCUT2D eigenvalue weighted by Crippen LogP contribution is -2.23. The molecule has 0 amide bonds. The molecule has 0 unspecified atom stereocenters. The van der Waals surface area contributed by atoms with Gasteiger partial charge < -0.3 is 9.47 Å². The first-order valence-corrected chi connectivity index (χ1v) is 9.59. The fraction of sp³-hybridized carbons (Fsp3) is 0.105. The van der Waals surface area contributed by atoms with Crippen LogP contribution in [0.2, 0.25) is 0 Å². The molecule has 0 saturated heterocycles. The second-order valence-corrected chi connectivity index (χ2v) is 7.60. The molecule has 27 heavy (non-hydrogen) atoms. The fourth-order valence-corrected chi connectivity index (χ4v) is 3.91. The molecule has 2 aromatic heterocycles. The van der Waals surface area contributed by atoms with Crippen LogP contribution < -0.4 is 19.6 Å². The van der Waals surface area contributed by atoms with Crippen molar-refractivity contribution in [2.24, 2.45) is 0 Å². The summed E-state index contributed by atoms with van der Waals surface area (Å²) < 4.78 is 13.7. The summed E-state index contributed by atoms with van der Waals surface area (Å²) in [7, 11) is 3.14. The standard InChI is InChI=1S/C19H14BrN3O3S/c1-25-14-8-5-12(10-15(14)26-2)17-21-22-19-23(17)18(24)16(27-19)9-11-3-6-13(20)7-4-11/h3-10H,1-2H3/b16-9+. The van der Waals surface area contributed by atoms with Crippen LogP contribution in [0.15, 0.2) is 51.7 Å². The van der Waals surface area contributed by atoms with Gasteiger partial charge in [0.1, 0.15) is 0 Å². The summed E-state index contributed by atoms with van der Waals surface area (Å²) in [6.07, 6.45) is 1.85. The molecule has 0 radical (unpaired) electrons. The summed E-state index contributed by atoms with van der Waals surface area (Å²) in [4.78, 5) is 13.5. The molecule has 4 aromatic rings. The lowest BCUT2D eigenvalue weighted by atomic mass is 10.2. The van der Waals surface area contributed by atoms with Gasteiger partial charge in [-0.15, -0.1) is 10.2 Å². The van der Waals surface area contributed by atoms with Crippen LogP contribution >= 0.6 is 27.3 Å². The lowest BCUT2D eigenvalue weighted by molar-refractivity contribution is 0.355. The van der Waals surface area contributed by atoms with Crippen LogP contribution in [0.5, 0.6) is 11.5 Å². The molecule has 136 valence electrons. The Morgan fingerprint density at radius 1 is 1.04 bits per heavy atom. The number of rotatable bonds is 4. The summed E-state index contributed by atoms with van der Waals surface area (Å²) in [6, 6.07) is 13.1. The predicted molar refractivity (Wildman–Crippen MR) is 109 cm³/mol. The molecular weight excluding hydrogens is 430 g/mol. The van der Waals surface area contributed by atoms with Gasteiger partial charge in [-0.05, 0) is 42.0 Å². The van der Waals surface area contributed by atoms with Crippen molar-refractivity contribution in [3.05, 3.63) is 67.4 Å². The highest BCUT2D eigenvalue weighted by atomic mass is 79.9. The van der Waals surface area contributed by atoms with Crippen LogP contribution in [-0.2, 0) is 0 Å². The maximum atomic E-state index is 12.9. The van der Waals surface area contributed by atoms with Crippen LogP contribution in [0.4, 0.5) is 0 Å². The molecule has 6 nitrogen and oxygen atoms in total. The minimum absolute atomic E-state index is 0.146. The largest absolute Gasteiger partial charge is 0.493 e. The highest BCUT2D eigenvalue weighted by Gasteiger charge is 2.16. The summed E-state index contributed by atoms with van der Waals surface area (Å²) in [6.45, 7) is 0. The molecule has 0 bridgehead atoms. The van der Waals surface area contributed by atoms with E-state index in [-0.39, 0.29) is 5.56 Å². The van der Waals surface area contributed by atoms with Crippen molar-refractivity contribution in [3.63, 3.8) is 0 Å². The van der Waals surface area contributed by atoms with E-state index >= 15 is 0 Å². The van der Waals surface area contributed by atoms with Crippen molar-refractivity contribution in [2.45, 2.75) is 0 Å². The third-order valence-corrected chi connectivity index (χ3v) is 5.55. The normalized spacial score (nSPS) is 11.9. The van der Waals surface area contributed by atoms with Crippen molar-refractivity contribution < 1.29 is 9.47 Å². The second-order valence-electron chi connectivity index (χ2n) is 5.68. The van der Waals surface area contributed by atoms with Crippen LogP contribution in [-0.4, -0.2) is 28.8 Å². The van der Waals surface area contributed by atoms with Crippen LogP contribution in [0, 0.1) is 0 Å². The van der Waals surface area contributed by atoms with Crippen molar-refractivity contribution >= 4 is 38.3 Å². The number of ether oxygens (including phenoxy) is 2. The second kappa shape index (κ2) is 7.13. The maximum absolute atomic E-state index is 12.9. The van der Waals surface area contributed by atoms with E-state index in [1.807, 2.05) is 36.4 Å². The zero-order valence-electron chi connectivity index (χ0n) is 14.5. The van der Waals surface area contributed by atoms with Gasteiger partial charge in [-0.3, -0.25) is 4.79 Å². The summed E-state index contributed by atoms with van der Waals surface area (Å²) in [5, 5.41) is 8.35. The zero-order chi connectivity index (χ0) is 19.0. The van der Waals surface area contributed by atoms with Gasteiger partial charge in [0.2, 0.25) is 4.96 Å². The number of nitrogens with zero attached hydrogens (tertiary/aromatic N) is 3. The van der Waals surface area contributed by atoms with Gasteiger partial charge in [0.15, 0.2) is 17.3 Å². The van der Waals surface area contributed by atoms with Gasteiger partial charge >= 0.3 is 0 Å². The van der Waals surface area contributed by atoms with E-state index in [2.05, 4.69) is 26.1 Å². The predicted octanol–water partition coefficient (Wildman–Crippen LogP) is 3.15. The Balaban J connectivity index is 1.86. The first-order valence-electron chi connectivity index (χ1n) is 7.98. The monoisotopic (exact) mass is 443 g/mol. The molecule has 0 fully saturated rings. The minimum Gasteiger partial charge on any atom is -0.493 e. The van der Waals surface area contributed by atoms with Crippen molar-refractivity contribution in [2.75, 3.05) is 14.2 Å². The van der Waals surface area contributed by atoms with Gasteiger partial charge in [0.05, 0.1) is 18.8 Å². The van der Waals surface area contributed by atoms with E-state index in [0.717, 1.165) is 15.6 Å². The summed E-state index contributed by atoms with van der Waals surface area (Å²) in [5.74, 6) is 1.65. The molecule has 0 saturated carbocycles. The number of halogens is 1. The number of methoxy groups -OCH3 is 2. The van der Waals surface area contributed by atoms with Crippen molar-refractivity contribution in [3.8, 4) is 22.9 Å². The van der Waals surface area contributed by atoms with E-state index in [1.165, 1.54) is 15.7 Å². The number of aromatic nitrogens is 3. The van der Waals surface area contributed by atoms with Gasteiger partial charge in [0.25, 0.3) is 5.56 Å². The molecule has 2 aromatic carbocycles. The Hall–Kier alpha value is -2.71. The molecule has 4 rings (SSSR count). The number of hydrogen-bond acceptors (Lipinski definition) is 6. The van der Waals surface area contributed by atoms with Gasteiger partial charge in [0, 0.05) is 10.0 Å². The van der Waals surface area contributed by atoms with Crippen molar-refractivity contribution in [1.82, 2.24) is 14.6 Å². The maximum Gasteiger partial charge on any atom is 0.276 e. The smallest absolute Gasteiger partial charge is 0.276 e. The number of hydrogen-bond donors (Lipinski definition) is 0. The Morgan fingerprint density at radius 3 is 2.48 bits per heavy atom. The quantitative estimate of drug-likeness (QED) is 0.484. The molecule has 8 heteroatoms. The third kappa shape index (κ3) is 3.22. The molecule has 2 heterocycles. The van der Waals surface area contributed by atoms with E-state index in [0.29, 0.717) is 26.8 Å². The Morgan fingerprint density at radius 2 is 1.78 bits per heavy atom. The lowest BCUT2D eigenvalue weighted by Gasteiger charge is -2.08. The van der Waals surface area contributed by atoms with E-state index in [1.54, 1.807) is 26.4 Å². The Bertz CT molecular complexity index is 1230. The molecule has 0 aliphatic rings. The Labute approximate surface area is 166 Å². The molecule has 0 spiro atoms. The van der Waals surface area contributed by atoms with E-state index in [4.69, 9.17) is 9.47 Å². The SMILES string of the molecule is COc1ccc(-c2nnc3s/c(=C/c4ccc(Br)cc4)c(=O)n23)cc1OC. The van der Waals surface area contributed by atoms with Crippen molar-refractivity contribution in [1.29, 1.82) is 0 Å². The number of benzene rings is 2. The molecule has 0 atom stereocenters. The highest BCUT2D eigenvalue weighted by molar-refractivity contribution is 9.10. The molecule has 0 N–H and O–H groups in total. The van der Waals surface area contributed by atoms with E-state index in [9.17, 15) is 4.79 Å². The number of fused-ring (bicyclic) bond motifs is 1. The average Bonchev–Trinajstić information content (AvgIpc) is 3.23. The van der Waals surface area contributed by atoms with E-state index < -0.39 is 0 Å². The zero-order valence-corrected chi connectivity index (χ0v) is 16.9. The van der Waals surface area contributed by atoms with Crippen LogP contribution in [0.3, 0.4) is 0 Å². The Kier molecular flexibility index (Phi) is 4.67. The molecule has 0 aliphatic heterocycles. The summed E-state index contributed by atoms with van der Waals surface area (Å²) in [5.41, 5.74) is 1.53.